The van der Waals surface area contributed by atoms with Crippen molar-refractivity contribution in [2.24, 2.45) is 0 Å². The number of aliphatic hydroxyl groups is 1. The van der Waals surface area contributed by atoms with Crippen molar-refractivity contribution >= 4 is 23.2 Å². The Kier molecular flexibility index (Phi) is 6.57. The van der Waals surface area contributed by atoms with E-state index >= 15 is 0 Å². The fourth-order valence-corrected chi connectivity index (χ4v) is 1.42. The van der Waals surface area contributed by atoms with Gasteiger partial charge >= 0.3 is 0 Å². The molecule has 0 spiro atoms. The molecule has 2 heterocycles. The molecule has 2 rings (SSSR count). The molecule has 0 atom stereocenters. The van der Waals surface area contributed by atoms with Crippen LogP contribution in [0.2, 0.25) is 10.0 Å². The van der Waals surface area contributed by atoms with Crippen molar-refractivity contribution in [3.05, 3.63) is 58.1 Å². The van der Waals surface area contributed by atoms with Crippen LogP contribution in [0.25, 0.3) is 0 Å². The quantitative estimate of drug-likeness (QED) is 0.921. The molecule has 2 aromatic rings. The van der Waals surface area contributed by atoms with Crippen molar-refractivity contribution in [3.8, 4) is 0 Å². The van der Waals surface area contributed by atoms with E-state index in [0.29, 0.717) is 21.4 Å². The molecule has 0 aromatic carbocycles. The van der Waals surface area contributed by atoms with Crippen molar-refractivity contribution in [1.29, 1.82) is 0 Å². The summed E-state index contributed by atoms with van der Waals surface area (Å²) in [5, 5.41) is 9.67. The third-order valence-electron chi connectivity index (χ3n) is 1.86. The van der Waals surface area contributed by atoms with E-state index in [1.165, 1.54) is 12.3 Å². The van der Waals surface area contributed by atoms with E-state index in [1.54, 1.807) is 24.4 Å². The first kappa shape index (κ1) is 14.8. The number of rotatable bonds is 2. The van der Waals surface area contributed by atoms with Gasteiger partial charge in [-0.2, -0.15) is 0 Å². The van der Waals surface area contributed by atoms with Crippen molar-refractivity contribution < 1.29 is 9.50 Å². The lowest BCUT2D eigenvalue weighted by atomic mass is 10.4. The van der Waals surface area contributed by atoms with Crippen LogP contribution in [0, 0.1) is 0 Å². The van der Waals surface area contributed by atoms with Crippen LogP contribution < -0.4 is 0 Å². The second-order valence-corrected chi connectivity index (χ2v) is 4.10. The Balaban J connectivity index is 0.000000180. The van der Waals surface area contributed by atoms with Gasteiger partial charge in [0.15, 0.2) is 0 Å². The standard InChI is InChI=1S/C6H5ClFN.C6H6ClNO/c7-5-1-2-9-6(3-5)4-8;7-5-1-2-8-6(3-5)4-9/h1-3H,4H2;1-3,9H,4H2. The predicted molar refractivity (Wildman–Crippen MR) is 69.2 cm³/mol. The molecular weight excluding hydrogens is 278 g/mol. The minimum Gasteiger partial charge on any atom is -0.390 e. The number of hydrogen-bond donors (Lipinski definition) is 1. The molecule has 0 radical (unpaired) electrons. The molecule has 0 bridgehead atoms. The van der Waals surface area contributed by atoms with Gasteiger partial charge in [0.05, 0.1) is 18.0 Å². The highest BCUT2D eigenvalue weighted by molar-refractivity contribution is 6.30. The average Bonchev–Trinajstić information content (AvgIpc) is 2.39. The molecule has 2 aromatic heterocycles. The zero-order valence-corrected chi connectivity index (χ0v) is 10.9. The first-order valence-corrected chi connectivity index (χ1v) is 5.79. The summed E-state index contributed by atoms with van der Waals surface area (Å²) in [6, 6.07) is 6.41. The van der Waals surface area contributed by atoms with Crippen LogP contribution in [0.4, 0.5) is 4.39 Å². The molecule has 0 fully saturated rings. The van der Waals surface area contributed by atoms with Gasteiger partial charge in [-0.25, -0.2) is 4.39 Å². The number of halogens is 3. The monoisotopic (exact) mass is 288 g/mol. The van der Waals surface area contributed by atoms with E-state index in [0.717, 1.165) is 0 Å². The van der Waals surface area contributed by atoms with Gasteiger partial charge in [-0.1, -0.05) is 23.2 Å². The highest BCUT2D eigenvalue weighted by Crippen LogP contribution is 2.08. The van der Waals surface area contributed by atoms with Crippen molar-refractivity contribution in [1.82, 2.24) is 9.97 Å². The molecule has 1 N–H and O–H groups in total. The van der Waals surface area contributed by atoms with Crippen molar-refractivity contribution in [2.45, 2.75) is 13.3 Å². The summed E-state index contributed by atoms with van der Waals surface area (Å²) in [4.78, 5) is 7.52. The summed E-state index contributed by atoms with van der Waals surface area (Å²) in [6.45, 7) is -0.610. The van der Waals surface area contributed by atoms with Gasteiger partial charge in [-0.15, -0.1) is 0 Å². The van der Waals surface area contributed by atoms with Crippen LogP contribution in [-0.2, 0) is 13.3 Å². The number of nitrogens with zero attached hydrogens (tertiary/aromatic N) is 2. The van der Waals surface area contributed by atoms with Crippen LogP contribution in [0.5, 0.6) is 0 Å². The van der Waals surface area contributed by atoms with Gasteiger partial charge in [0, 0.05) is 22.4 Å². The molecular formula is C12H11Cl2FN2O. The summed E-state index contributed by atoms with van der Waals surface area (Å²) in [5.41, 5.74) is 0.977. The molecule has 96 valence electrons. The van der Waals surface area contributed by atoms with E-state index in [-0.39, 0.29) is 6.61 Å². The fraction of sp³-hybridized carbons (Fsp3) is 0.167. The largest absolute Gasteiger partial charge is 0.390 e. The summed E-state index contributed by atoms with van der Waals surface area (Å²) >= 11 is 11.1. The third kappa shape index (κ3) is 5.40. The van der Waals surface area contributed by atoms with Crippen LogP contribution in [0.15, 0.2) is 36.7 Å². The van der Waals surface area contributed by atoms with Crippen molar-refractivity contribution in [3.63, 3.8) is 0 Å². The van der Waals surface area contributed by atoms with E-state index in [2.05, 4.69) is 9.97 Å². The topological polar surface area (TPSA) is 46.0 Å². The van der Waals surface area contributed by atoms with Crippen LogP contribution in [0.1, 0.15) is 11.4 Å². The Morgan fingerprint density at radius 2 is 1.50 bits per heavy atom. The molecule has 0 saturated carbocycles. The summed E-state index contributed by atoms with van der Waals surface area (Å²) in [6.07, 6.45) is 3.05. The van der Waals surface area contributed by atoms with E-state index in [4.69, 9.17) is 28.3 Å². The number of pyridine rings is 2. The van der Waals surface area contributed by atoms with Crippen LogP contribution in [-0.4, -0.2) is 15.1 Å². The average molecular weight is 289 g/mol. The maximum absolute atomic E-state index is 11.8. The maximum atomic E-state index is 11.8. The summed E-state index contributed by atoms with van der Waals surface area (Å²) in [5.74, 6) is 0. The molecule has 0 amide bonds. The summed E-state index contributed by atoms with van der Waals surface area (Å²) in [7, 11) is 0. The minimum absolute atomic E-state index is 0.0550. The van der Waals surface area contributed by atoms with Gasteiger partial charge in [0.1, 0.15) is 6.67 Å². The first-order valence-electron chi connectivity index (χ1n) is 5.03. The van der Waals surface area contributed by atoms with E-state index in [9.17, 15) is 4.39 Å². The predicted octanol–water partition coefficient (Wildman–Crippen LogP) is 3.43. The second-order valence-electron chi connectivity index (χ2n) is 3.22. The number of aliphatic hydroxyl groups excluding tert-OH is 1. The Morgan fingerprint density at radius 3 is 1.83 bits per heavy atom. The van der Waals surface area contributed by atoms with E-state index in [1.807, 2.05) is 0 Å². The van der Waals surface area contributed by atoms with Crippen LogP contribution in [0.3, 0.4) is 0 Å². The zero-order chi connectivity index (χ0) is 13.4. The van der Waals surface area contributed by atoms with Gasteiger partial charge in [0.2, 0.25) is 0 Å². The summed E-state index contributed by atoms with van der Waals surface area (Å²) < 4.78 is 11.8. The molecule has 0 unspecified atom stereocenters. The lowest BCUT2D eigenvalue weighted by Crippen LogP contribution is -1.85. The SMILES string of the molecule is FCc1cc(Cl)ccn1.OCc1cc(Cl)ccn1. The number of hydrogen-bond acceptors (Lipinski definition) is 3. The second kappa shape index (κ2) is 7.97. The molecule has 18 heavy (non-hydrogen) atoms. The van der Waals surface area contributed by atoms with Crippen molar-refractivity contribution in [2.75, 3.05) is 0 Å². The maximum Gasteiger partial charge on any atom is 0.131 e. The molecule has 0 aliphatic rings. The first-order chi connectivity index (χ1) is 8.65. The smallest absolute Gasteiger partial charge is 0.131 e. The van der Waals surface area contributed by atoms with Gasteiger partial charge in [-0.3, -0.25) is 9.97 Å². The third-order valence-corrected chi connectivity index (χ3v) is 2.33. The molecule has 0 saturated heterocycles. The van der Waals surface area contributed by atoms with E-state index < -0.39 is 6.67 Å². The van der Waals surface area contributed by atoms with Gasteiger partial charge < -0.3 is 5.11 Å². The zero-order valence-electron chi connectivity index (χ0n) is 9.35. The van der Waals surface area contributed by atoms with Gasteiger partial charge in [-0.05, 0) is 24.3 Å². The molecule has 0 aliphatic heterocycles. The number of alkyl halides is 1. The molecule has 0 aliphatic carbocycles. The Labute approximate surface area is 114 Å². The molecule has 3 nitrogen and oxygen atoms in total. The highest BCUT2D eigenvalue weighted by atomic mass is 35.5. The Hall–Kier alpha value is -1.23. The lowest BCUT2D eigenvalue weighted by Gasteiger charge is -1.92. The lowest BCUT2D eigenvalue weighted by molar-refractivity contribution is 0.277. The van der Waals surface area contributed by atoms with Gasteiger partial charge in [0.25, 0.3) is 0 Å². The normalized spacial score (nSPS) is 9.56. The highest BCUT2D eigenvalue weighted by Gasteiger charge is 1.91. The Morgan fingerprint density at radius 1 is 1.00 bits per heavy atom. The Bertz CT molecular complexity index is 452. The number of aromatic nitrogens is 2. The fourth-order valence-electron chi connectivity index (χ4n) is 1.06. The molecule has 6 heteroatoms. The minimum atomic E-state index is -0.555. The van der Waals surface area contributed by atoms with Crippen LogP contribution >= 0.6 is 23.2 Å².